The third-order valence-corrected chi connectivity index (χ3v) is 7.78. The number of likely N-dealkylation sites (tertiary alicyclic amines) is 1. The third-order valence-electron chi connectivity index (χ3n) is 7.78. The first-order valence-corrected chi connectivity index (χ1v) is 15.2. The van der Waals surface area contributed by atoms with Crippen molar-refractivity contribution in [2.45, 2.75) is 77.0 Å². The van der Waals surface area contributed by atoms with Crippen LogP contribution in [0.4, 0.5) is 4.39 Å². The van der Waals surface area contributed by atoms with Crippen molar-refractivity contribution >= 4 is 5.91 Å². The van der Waals surface area contributed by atoms with E-state index in [9.17, 15) is 9.18 Å². The van der Waals surface area contributed by atoms with E-state index in [0.717, 1.165) is 55.7 Å². The minimum Gasteiger partial charge on any atom is -0.384 e. The van der Waals surface area contributed by atoms with Crippen molar-refractivity contribution in [3.05, 3.63) is 71.0 Å². The van der Waals surface area contributed by atoms with Crippen molar-refractivity contribution in [2.24, 2.45) is 5.92 Å². The Morgan fingerprint density at radius 1 is 0.854 bits per heavy atom. The molecule has 0 bridgehead atoms. The molecule has 2 heterocycles. The lowest BCUT2D eigenvalue weighted by Gasteiger charge is -2.30. The fraction of sp³-hybridized carbons (Fsp3) is 0.528. The SMILES string of the molecule is C#C.C#C.C1CCCCC1.COCCc1cc(C)cc(F)c1[C@@H]1C[NH2+]CC1C(=O)N1CCCCC1.c1ccccc1. The maximum absolute atomic E-state index is 14.9. The molecule has 41 heavy (non-hydrogen) atoms. The Balaban J connectivity index is 0.000000427. The molecule has 0 spiro atoms. The summed E-state index contributed by atoms with van der Waals surface area (Å²) in [6, 6.07) is 15.7. The van der Waals surface area contributed by atoms with E-state index < -0.39 is 0 Å². The Bertz CT molecular complexity index is 950. The van der Waals surface area contributed by atoms with E-state index in [2.05, 4.69) is 37.1 Å². The minimum absolute atomic E-state index is 0.0399. The second-order valence-electron chi connectivity index (χ2n) is 10.7. The number of rotatable bonds is 5. The number of ether oxygens (including phenoxy) is 1. The highest BCUT2D eigenvalue weighted by molar-refractivity contribution is 5.80. The van der Waals surface area contributed by atoms with Gasteiger partial charge in [-0.15, -0.1) is 25.7 Å². The molecular formula is C36H52FN2O2+. The number of hydrogen-bond acceptors (Lipinski definition) is 2. The van der Waals surface area contributed by atoms with E-state index in [-0.39, 0.29) is 23.6 Å². The highest BCUT2D eigenvalue weighted by Crippen LogP contribution is 2.33. The van der Waals surface area contributed by atoms with E-state index >= 15 is 0 Å². The van der Waals surface area contributed by atoms with Crippen molar-refractivity contribution in [1.82, 2.24) is 4.90 Å². The topological polar surface area (TPSA) is 46.1 Å². The monoisotopic (exact) mass is 563 g/mol. The maximum Gasteiger partial charge on any atom is 0.232 e. The van der Waals surface area contributed by atoms with Crippen LogP contribution in [0.2, 0.25) is 0 Å². The van der Waals surface area contributed by atoms with Gasteiger partial charge in [-0.3, -0.25) is 4.79 Å². The van der Waals surface area contributed by atoms with Gasteiger partial charge < -0.3 is 15.0 Å². The van der Waals surface area contributed by atoms with Gasteiger partial charge >= 0.3 is 0 Å². The molecule has 3 aliphatic rings. The molecule has 2 atom stereocenters. The molecule has 2 aliphatic heterocycles. The molecule has 1 saturated carbocycles. The molecular weight excluding hydrogens is 511 g/mol. The average molecular weight is 564 g/mol. The number of halogens is 1. The molecule has 2 saturated heterocycles. The highest BCUT2D eigenvalue weighted by atomic mass is 19.1. The fourth-order valence-electron chi connectivity index (χ4n) is 5.83. The largest absolute Gasteiger partial charge is 0.384 e. The third kappa shape index (κ3) is 12.9. The zero-order valence-corrected chi connectivity index (χ0v) is 25.4. The van der Waals surface area contributed by atoms with Gasteiger partial charge in [0.1, 0.15) is 5.82 Å². The molecule has 3 fully saturated rings. The molecule has 0 aromatic heterocycles. The number of carbonyl (C=O) groups is 1. The van der Waals surface area contributed by atoms with Crippen LogP contribution in [0.15, 0.2) is 48.5 Å². The second-order valence-corrected chi connectivity index (χ2v) is 10.7. The molecule has 2 aromatic rings. The first kappa shape index (κ1) is 35.9. The van der Waals surface area contributed by atoms with Crippen LogP contribution >= 0.6 is 0 Å². The standard InChI is InChI=1S/C20H29FN2O2.C6H12.C6H6.2C2H2/c1-14-10-15(6-9-25-2)19(18(21)11-14)16-12-22-13-17(16)20(24)23-7-4-3-5-8-23;2*1-2-4-6-5-3-1;2*1-2/h10-11,16-17,22H,3-9,12-13H2,1-2H3;1-6H2;1-6H;2*1-2H/p+1/t16-,17?;;;;/m1..../s1. The Morgan fingerprint density at radius 2 is 1.34 bits per heavy atom. The first-order valence-electron chi connectivity index (χ1n) is 15.2. The van der Waals surface area contributed by atoms with Gasteiger partial charge in [0.2, 0.25) is 5.91 Å². The molecule has 2 N–H and O–H groups in total. The lowest BCUT2D eigenvalue weighted by molar-refractivity contribution is -0.638. The minimum atomic E-state index is -0.164. The fourth-order valence-corrected chi connectivity index (χ4v) is 5.83. The number of amides is 1. The molecule has 4 nitrogen and oxygen atoms in total. The van der Waals surface area contributed by atoms with E-state index in [4.69, 9.17) is 4.74 Å². The zero-order chi connectivity index (χ0) is 30.3. The number of nitrogens with zero attached hydrogens (tertiary/aromatic N) is 1. The molecule has 224 valence electrons. The number of hydrogen-bond donors (Lipinski definition) is 1. The summed E-state index contributed by atoms with van der Waals surface area (Å²) >= 11 is 0. The summed E-state index contributed by atoms with van der Waals surface area (Å²) in [5.41, 5.74) is 2.66. The summed E-state index contributed by atoms with van der Waals surface area (Å²) in [4.78, 5) is 15.0. The summed E-state index contributed by atoms with van der Waals surface area (Å²) in [5.74, 6) is -0.0996. The van der Waals surface area contributed by atoms with Crippen molar-refractivity contribution in [3.8, 4) is 25.7 Å². The molecule has 1 unspecified atom stereocenters. The summed E-state index contributed by atoms with van der Waals surface area (Å²) in [5, 5.41) is 2.16. The molecule has 5 heteroatoms. The normalized spacial score (nSPS) is 19.3. The summed E-state index contributed by atoms with van der Waals surface area (Å²) in [6.07, 6.45) is 29.1. The summed E-state index contributed by atoms with van der Waals surface area (Å²) < 4.78 is 20.1. The molecule has 2 aromatic carbocycles. The van der Waals surface area contributed by atoms with Gasteiger partial charge in [-0.25, -0.2) is 4.39 Å². The Kier molecular flexibility index (Phi) is 19.8. The van der Waals surface area contributed by atoms with Crippen LogP contribution in [0, 0.1) is 44.4 Å². The number of piperidine rings is 1. The summed E-state index contributed by atoms with van der Waals surface area (Å²) in [6.45, 7) is 5.74. The number of terminal acetylenes is 2. The number of aryl methyl sites for hydroxylation is 1. The second kappa shape index (κ2) is 22.6. The molecule has 0 radical (unpaired) electrons. The predicted octanol–water partition coefficient (Wildman–Crippen LogP) is 6.14. The predicted molar refractivity (Wildman–Crippen MR) is 169 cm³/mol. The van der Waals surface area contributed by atoms with Crippen LogP contribution in [0.5, 0.6) is 0 Å². The first-order chi connectivity index (χ1) is 20.1. The van der Waals surface area contributed by atoms with Gasteiger partial charge in [0, 0.05) is 25.8 Å². The van der Waals surface area contributed by atoms with Crippen LogP contribution in [0.3, 0.4) is 0 Å². The van der Waals surface area contributed by atoms with Gasteiger partial charge in [0.25, 0.3) is 0 Å². The van der Waals surface area contributed by atoms with Crippen LogP contribution < -0.4 is 5.32 Å². The maximum atomic E-state index is 14.9. The van der Waals surface area contributed by atoms with Gasteiger partial charge in [0.05, 0.1) is 31.5 Å². The smallest absolute Gasteiger partial charge is 0.232 e. The Morgan fingerprint density at radius 3 is 1.83 bits per heavy atom. The zero-order valence-electron chi connectivity index (χ0n) is 25.4. The van der Waals surface area contributed by atoms with Gasteiger partial charge in [0.15, 0.2) is 0 Å². The van der Waals surface area contributed by atoms with Crippen LogP contribution in [-0.4, -0.2) is 50.7 Å². The number of carbonyl (C=O) groups excluding carboxylic acids is 1. The van der Waals surface area contributed by atoms with Crippen LogP contribution in [0.1, 0.15) is 80.4 Å². The van der Waals surface area contributed by atoms with Gasteiger partial charge in [-0.05, 0) is 49.8 Å². The van der Waals surface area contributed by atoms with Crippen molar-refractivity contribution in [2.75, 3.05) is 39.9 Å². The average Bonchev–Trinajstić information content (AvgIpc) is 3.53. The van der Waals surface area contributed by atoms with Gasteiger partial charge in [-0.1, -0.05) is 81.0 Å². The number of nitrogens with two attached hydrogens (primary N) is 1. The quantitative estimate of drug-likeness (QED) is 0.445. The summed E-state index contributed by atoms with van der Waals surface area (Å²) in [7, 11) is 1.66. The Hall–Kier alpha value is -3.12. The number of benzene rings is 2. The molecule has 5 rings (SSSR count). The van der Waals surface area contributed by atoms with E-state index in [1.54, 1.807) is 13.2 Å². The van der Waals surface area contributed by atoms with Gasteiger partial charge in [-0.2, -0.15) is 0 Å². The lowest BCUT2D eigenvalue weighted by atomic mass is 9.83. The highest BCUT2D eigenvalue weighted by Gasteiger charge is 2.41. The van der Waals surface area contributed by atoms with Crippen LogP contribution in [0.25, 0.3) is 0 Å². The van der Waals surface area contributed by atoms with E-state index in [0.29, 0.717) is 13.0 Å². The molecule has 1 aliphatic carbocycles. The Labute approximate surface area is 249 Å². The molecule has 1 amide bonds. The van der Waals surface area contributed by atoms with E-state index in [1.165, 1.54) is 44.9 Å². The number of quaternary nitrogens is 1. The van der Waals surface area contributed by atoms with E-state index in [1.807, 2.05) is 48.2 Å². The number of methoxy groups -OCH3 is 1. The van der Waals surface area contributed by atoms with Crippen molar-refractivity contribution in [3.63, 3.8) is 0 Å². The van der Waals surface area contributed by atoms with Crippen LogP contribution in [-0.2, 0) is 16.0 Å². The van der Waals surface area contributed by atoms with Crippen molar-refractivity contribution < 1.29 is 19.2 Å². The van der Waals surface area contributed by atoms with Crippen molar-refractivity contribution in [1.29, 1.82) is 0 Å². The lowest BCUT2D eigenvalue weighted by Crippen LogP contribution is -2.81.